The summed E-state index contributed by atoms with van der Waals surface area (Å²) < 4.78 is 5.12. The zero-order valence-electron chi connectivity index (χ0n) is 11.3. The van der Waals surface area contributed by atoms with E-state index in [0.717, 1.165) is 16.7 Å². The molecule has 3 rings (SSSR count). The summed E-state index contributed by atoms with van der Waals surface area (Å²) in [5.41, 5.74) is 8.23. The van der Waals surface area contributed by atoms with Gasteiger partial charge < -0.3 is 15.8 Å². The Morgan fingerprint density at radius 1 is 1.10 bits per heavy atom. The summed E-state index contributed by atoms with van der Waals surface area (Å²) in [5, 5.41) is 3.63. The molecule has 0 saturated carbocycles. The largest absolute Gasteiger partial charge is 0.495 e. The van der Waals surface area contributed by atoms with Crippen molar-refractivity contribution in [1.82, 2.24) is 9.97 Å². The number of nitrogens with two attached hydrogens (primary N) is 1. The van der Waals surface area contributed by atoms with Crippen molar-refractivity contribution in [2.24, 2.45) is 0 Å². The van der Waals surface area contributed by atoms with Crippen molar-refractivity contribution in [2.45, 2.75) is 0 Å². The lowest BCUT2D eigenvalue weighted by molar-refractivity contribution is 0.415. The summed E-state index contributed by atoms with van der Waals surface area (Å²) in [5.74, 6) is 1.44. The second-order valence-electron chi connectivity index (χ2n) is 4.42. The molecule has 21 heavy (non-hydrogen) atoms. The van der Waals surface area contributed by atoms with E-state index in [-0.39, 0.29) is 0 Å². The number of para-hydroxylation sites is 2. The summed E-state index contributed by atoms with van der Waals surface area (Å²) in [6, 6.07) is 12.9. The van der Waals surface area contributed by atoms with Crippen LogP contribution in [0.3, 0.4) is 0 Å². The third-order valence-electron chi connectivity index (χ3n) is 3.01. The number of ether oxygens (including phenoxy) is 1. The predicted molar refractivity (Wildman–Crippen MR) is 85.2 cm³/mol. The minimum atomic E-state index is 0.334. The highest BCUT2D eigenvalue weighted by atomic mass is 35.5. The van der Waals surface area contributed by atoms with E-state index < -0.39 is 0 Å². The molecule has 0 spiro atoms. The third kappa shape index (κ3) is 2.68. The second kappa shape index (κ2) is 5.46. The number of benzene rings is 2. The van der Waals surface area contributed by atoms with E-state index >= 15 is 0 Å². The fraction of sp³-hybridized carbons (Fsp3) is 0.0667. The van der Waals surface area contributed by atoms with Crippen molar-refractivity contribution in [2.75, 3.05) is 18.2 Å². The number of methoxy groups -OCH3 is 1. The number of rotatable bonds is 3. The number of aromatic nitrogens is 2. The van der Waals surface area contributed by atoms with Gasteiger partial charge in [-0.25, -0.2) is 9.97 Å². The minimum absolute atomic E-state index is 0.334. The maximum atomic E-state index is 6.10. The maximum Gasteiger partial charge on any atom is 0.174 e. The Labute approximate surface area is 126 Å². The van der Waals surface area contributed by atoms with E-state index in [9.17, 15) is 0 Å². The Kier molecular flexibility index (Phi) is 3.50. The molecule has 106 valence electrons. The number of nitrogens with zero attached hydrogens (tertiary/aromatic N) is 2. The predicted octanol–water partition coefficient (Wildman–Crippen LogP) is 3.62. The number of fused-ring (bicyclic) bond motifs is 1. The van der Waals surface area contributed by atoms with Gasteiger partial charge in [0.2, 0.25) is 0 Å². The molecule has 3 N–H and O–H groups in total. The number of nitrogen functional groups attached to an aromatic ring is 1. The molecule has 0 radical (unpaired) electrons. The topological polar surface area (TPSA) is 73.1 Å². The van der Waals surface area contributed by atoms with Gasteiger partial charge in [0, 0.05) is 5.69 Å². The average Bonchev–Trinajstić information content (AvgIpc) is 2.48. The lowest BCUT2D eigenvalue weighted by Crippen LogP contribution is -2.02. The van der Waals surface area contributed by atoms with Crippen molar-refractivity contribution in [3.8, 4) is 5.75 Å². The Bertz CT molecular complexity index is 807. The smallest absolute Gasteiger partial charge is 0.174 e. The van der Waals surface area contributed by atoms with E-state index in [1.54, 1.807) is 19.2 Å². The molecule has 1 aromatic heterocycles. The summed E-state index contributed by atoms with van der Waals surface area (Å²) >= 11 is 6.10. The van der Waals surface area contributed by atoms with Crippen LogP contribution in [0.5, 0.6) is 5.75 Å². The van der Waals surface area contributed by atoms with Crippen LogP contribution in [0.4, 0.5) is 17.3 Å². The number of halogens is 1. The van der Waals surface area contributed by atoms with Gasteiger partial charge in [-0.15, -0.1) is 0 Å². The molecule has 0 fully saturated rings. The molecule has 0 bridgehead atoms. The van der Waals surface area contributed by atoms with Crippen LogP contribution in [0.1, 0.15) is 0 Å². The van der Waals surface area contributed by atoms with E-state index in [2.05, 4.69) is 15.3 Å². The highest BCUT2D eigenvalue weighted by molar-refractivity contribution is 6.32. The summed E-state index contributed by atoms with van der Waals surface area (Å²) in [7, 11) is 1.57. The van der Waals surface area contributed by atoms with E-state index in [4.69, 9.17) is 22.1 Å². The second-order valence-corrected chi connectivity index (χ2v) is 4.83. The van der Waals surface area contributed by atoms with Crippen molar-refractivity contribution in [3.05, 3.63) is 47.5 Å². The highest BCUT2D eigenvalue weighted by Gasteiger charge is 2.07. The normalized spacial score (nSPS) is 10.6. The molecule has 0 atom stereocenters. The monoisotopic (exact) mass is 300 g/mol. The molecule has 0 unspecified atom stereocenters. The molecule has 3 aromatic rings. The first-order chi connectivity index (χ1) is 10.2. The van der Waals surface area contributed by atoms with Crippen molar-refractivity contribution in [3.63, 3.8) is 0 Å². The molecule has 0 saturated heterocycles. The quantitative estimate of drug-likeness (QED) is 0.773. The number of hydrogen-bond acceptors (Lipinski definition) is 5. The van der Waals surface area contributed by atoms with Crippen LogP contribution in [0.15, 0.2) is 42.5 Å². The summed E-state index contributed by atoms with van der Waals surface area (Å²) in [4.78, 5) is 8.79. The molecule has 5 nitrogen and oxygen atoms in total. The van der Waals surface area contributed by atoms with Crippen LogP contribution in [0.25, 0.3) is 11.0 Å². The van der Waals surface area contributed by atoms with Crippen molar-refractivity contribution >= 4 is 40.0 Å². The molecule has 0 aliphatic rings. The number of hydrogen-bond donors (Lipinski definition) is 2. The van der Waals surface area contributed by atoms with Crippen molar-refractivity contribution in [1.29, 1.82) is 0 Å². The molecule has 0 amide bonds. The standard InChI is InChI=1S/C15H13ClN4O/c1-21-13-7-6-9(8-10(13)16)18-15-14(17)19-11-4-2-3-5-12(11)20-15/h2-8H,1H3,(H2,17,19)(H,18,20). The van der Waals surface area contributed by atoms with Gasteiger partial charge in [-0.2, -0.15) is 0 Å². The lowest BCUT2D eigenvalue weighted by atomic mass is 10.3. The SMILES string of the molecule is COc1ccc(Nc2nc3ccccc3nc2N)cc1Cl. The molecular formula is C15H13ClN4O. The van der Waals surface area contributed by atoms with E-state index in [1.165, 1.54) is 0 Å². The van der Waals surface area contributed by atoms with Gasteiger partial charge in [0.05, 0.1) is 23.2 Å². The zero-order valence-corrected chi connectivity index (χ0v) is 12.1. The third-order valence-corrected chi connectivity index (χ3v) is 3.31. The number of anilines is 3. The van der Waals surface area contributed by atoms with Crippen LogP contribution in [-0.2, 0) is 0 Å². The molecule has 0 aliphatic heterocycles. The highest BCUT2D eigenvalue weighted by Crippen LogP contribution is 2.29. The maximum absolute atomic E-state index is 6.10. The molecule has 0 aliphatic carbocycles. The van der Waals surface area contributed by atoms with Crippen LogP contribution in [0, 0.1) is 0 Å². The first-order valence-electron chi connectivity index (χ1n) is 6.30. The first kappa shape index (κ1) is 13.5. The van der Waals surface area contributed by atoms with Crippen molar-refractivity contribution < 1.29 is 4.74 Å². The Hall–Kier alpha value is -2.53. The van der Waals surface area contributed by atoms with Crippen LogP contribution in [-0.4, -0.2) is 17.1 Å². The lowest BCUT2D eigenvalue weighted by Gasteiger charge is -2.10. The summed E-state index contributed by atoms with van der Waals surface area (Å²) in [6.07, 6.45) is 0. The fourth-order valence-electron chi connectivity index (χ4n) is 1.99. The van der Waals surface area contributed by atoms with Gasteiger partial charge in [0.25, 0.3) is 0 Å². The molecule has 1 heterocycles. The van der Waals surface area contributed by atoms with Crippen LogP contribution >= 0.6 is 11.6 Å². The Morgan fingerprint density at radius 2 is 1.81 bits per heavy atom. The van der Waals surface area contributed by atoms with Gasteiger partial charge in [0.1, 0.15) is 5.75 Å². The zero-order chi connectivity index (χ0) is 14.8. The van der Waals surface area contributed by atoms with Gasteiger partial charge in [-0.1, -0.05) is 23.7 Å². The van der Waals surface area contributed by atoms with E-state index in [1.807, 2.05) is 30.3 Å². The molecular weight excluding hydrogens is 288 g/mol. The van der Waals surface area contributed by atoms with E-state index in [0.29, 0.717) is 22.4 Å². The van der Waals surface area contributed by atoms with Gasteiger partial charge in [-0.3, -0.25) is 0 Å². The minimum Gasteiger partial charge on any atom is -0.495 e. The molecule has 6 heteroatoms. The Balaban J connectivity index is 1.97. The van der Waals surface area contributed by atoms with Gasteiger partial charge in [-0.05, 0) is 30.3 Å². The Morgan fingerprint density at radius 3 is 2.48 bits per heavy atom. The first-order valence-corrected chi connectivity index (χ1v) is 6.68. The average molecular weight is 301 g/mol. The fourth-order valence-corrected chi connectivity index (χ4v) is 2.24. The van der Waals surface area contributed by atoms with Crippen LogP contribution < -0.4 is 15.8 Å². The van der Waals surface area contributed by atoms with Gasteiger partial charge >= 0.3 is 0 Å². The van der Waals surface area contributed by atoms with Crippen LogP contribution in [0.2, 0.25) is 5.02 Å². The summed E-state index contributed by atoms with van der Waals surface area (Å²) in [6.45, 7) is 0. The molecule has 2 aromatic carbocycles. The van der Waals surface area contributed by atoms with Gasteiger partial charge in [0.15, 0.2) is 11.6 Å². The number of nitrogens with one attached hydrogen (secondary N) is 1.